The molecule has 2 aliphatic rings. The molecule has 1 atom stereocenters. The average molecular weight is 478 g/mol. The molecule has 1 aliphatic heterocycles. The van der Waals surface area contributed by atoms with E-state index in [4.69, 9.17) is 10.1 Å². The van der Waals surface area contributed by atoms with Gasteiger partial charge < -0.3 is 10.2 Å². The van der Waals surface area contributed by atoms with Gasteiger partial charge >= 0.3 is 0 Å². The molecule has 1 saturated heterocycles. The molecule has 1 fully saturated rings. The minimum atomic E-state index is 0.141. The van der Waals surface area contributed by atoms with E-state index >= 15 is 0 Å². The maximum Gasteiger partial charge on any atom is 0.274 e. The number of carbonyl (C=O) groups excluding carboxylic acids is 1. The molecular weight excluding hydrogens is 442 g/mol. The van der Waals surface area contributed by atoms with Crippen molar-refractivity contribution in [2.75, 3.05) is 19.6 Å². The van der Waals surface area contributed by atoms with Gasteiger partial charge in [-0.15, -0.1) is 11.3 Å². The van der Waals surface area contributed by atoms with E-state index < -0.39 is 0 Å². The van der Waals surface area contributed by atoms with Crippen LogP contribution in [0, 0.1) is 0 Å². The summed E-state index contributed by atoms with van der Waals surface area (Å²) in [6.07, 6.45) is 8.54. The normalized spacial score (nSPS) is 18.5. The third-order valence-corrected chi connectivity index (χ3v) is 8.04. The summed E-state index contributed by atoms with van der Waals surface area (Å²) in [5.74, 6) is 0.141. The summed E-state index contributed by atoms with van der Waals surface area (Å²) in [5.41, 5.74) is 5.39. The fourth-order valence-corrected chi connectivity index (χ4v) is 6.08. The highest BCUT2D eigenvalue weighted by atomic mass is 32.1. The summed E-state index contributed by atoms with van der Waals surface area (Å²) in [6.45, 7) is 5.58. The van der Waals surface area contributed by atoms with Crippen LogP contribution in [0.4, 0.5) is 0 Å². The number of nitrogens with zero attached hydrogens (tertiary/aromatic N) is 4. The number of thiazole rings is 1. The fraction of sp³-hybridized carbons (Fsp3) is 0.519. The third-order valence-electron chi connectivity index (χ3n) is 7.14. The molecule has 0 spiro atoms. The Kier molecular flexibility index (Phi) is 7.40. The Morgan fingerprint density at radius 1 is 1.15 bits per heavy atom. The van der Waals surface area contributed by atoms with Crippen molar-refractivity contribution >= 4 is 17.2 Å². The zero-order valence-corrected chi connectivity index (χ0v) is 20.9. The second-order valence-corrected chi connectivity index (χ2v) is 10.4. The largest absolute Gasteiger partial charge is 0.337 e. The van der Waals surface area contributed by atoms with Crippen molar-refractivity contribution in [1.29, 1.82) is 0 Å². The van der Waals surface area contributed by atoms with E-state index in [2.05, 4.69) is 46.6 Å². The molecule has 3 heterocycles. The van der Waals surface area contributed by atoms with Crippen molar-refractivity contribution < 1.29 is 4.79 Å². The van der Waals surface area contributed by atoms with Gasteiger partial charge in [0.05, 0.1) is 10.7 Å². The van der Waals surface area contributed by atoms with Gasteiger partial charge in [0.25, 0.3) is 5.91 Å². The lowest BCUT2D eigenvalue weighted by molar-refractivity contribution is 0.0753. The highest BCUT2D eigenvalue weighted by molar-refractivity contribution is 7.09. The van der Waals surface area contributed by atoms with Crippen molar-refractivity contribution in [3.05, 3.63) is 57.7 Å². The number of likely N-dealkylation sites (tertiary alicyclic amines) is 1. The first-order valence-corrected chi connectivity index (χ1v) is 13.7. The van der Waals surface area contributed by atoms with E-state index in [1.165, 1.54) is 34.7 Å². The van der Waals surface area contributed by atoms with Gasteiger partial charge in [0, 0.05) is 60.8 Å². The van der Waals surface area contributed by atoms with Crippen LogP contribution in [0.1, 0.15) is 65.8 Å². The number of nitrogens with one attached hydrogen (secondary N) is 1. The molecule has 1 amide bonds. The van der Waals surface area contributed by atoms with Crippen molar-refractivity contribution in [2.45, 2.75) is 70.9 Å². The highest BCUT2D eigenvalue weighted by Gasteiger charge is 2.31. The first-order chi connectivity index (χ1) is 16.7. The topological polar surface area (TPSA) is 63.1 Å². The molecular formula is C27H35N5OS. The molecule has 0 unspecified atom stereocenters. The van der Waals surface area contributed by atoms with Gasteiger partial charge in [-0.25, -0.2) is 4.98 Å². The van der Waals surface area contributed by atoms with E-state index in [0.29, 0.717) is 11.7 Å². The minimum absolute atomic E-state index is 0.141. The van der Waals surface area contributed by atoms with Crippen LogP contribution in [0.25, 0.3) is 11.3 Å². The predicted octanol–water partition coefficient (Wildman–Crippen LogP) is 4.73. The Balaban J connectivity index is 1.22. The highest BCUT2D eigenvalue weighted by Crippen LogP contribution is 2.27. The van der Waals surface area contributed by atoms with E-state index in [-0.39, 0.29) is 5.91 Å². The molecule has 1 N–H and O–H groups in total. The summed E-state index contributed by atoms with van der Waals surface area (Å²) in [6, 6.07) is 10.7. The molecule has 1 aromatic carbocycles. The number of carbonyl (C=O) groups is 1. The Morgan fingerprint density at radius 2 is 1.94 bits per heavy atom. The molecule has 1 aliphatic carbocycles. The van der Waals surface area contributed by atoms with Gasteiger partial charge in [-0.2, -0.15) is 5.10 Å². The Morgan fingerprint density at radius 3 is 2.71 bits per heavy atom. The number of rotatable bonds is 7. The van der Waals surface area contributed by atoms with E-state index in [0.717, 1.165) is 70.4 Å². The van der Waals surface area contributed by atoms with Crippen LogP contribution in [0.5, 0.6) is 0 Å². The van der Waals surface area contributed by atoms with Crippen LogP contribution in [0.15, 0.2) is 35.7 Å². The predicted molar refractivity (Wildman–Crippen MR) is 137 cm³/mol. The molecule has 0 saturated carbocycles. The number of aromatic nitrogens is 3. The van der Waals surface area contributed by atoms with Gasteiger partial charge in [0.1, 0.15) is 0 Å². The van der Waals surface area contributed by atoms with Crippen LogP contribution in [0.2, 0.25) is 0 Å². The molecule has 0 bridgehead atoms. The van der Waals surface area contributed by atoms with Crippen LogP contribution >= 0.6 is 11.3 Å². The van der Waals surface area contributed by atoms with Crippen LogP contribution in [-0.2, 0) is 25.8 Å². The van der Waals surface area contributed by atoms with E-state index in [1.807, 2.05) is 11.0 Å². The van der Waals surface area contributed by atoms with Crippen LogP contribution < -0.4 is 5.32 Å². The van der Waals surface area contributed by atoms with E-state index in [1.54, 1.807) is 11.3 Å². The lowest BCUT2D eigenvalue weighted by atomic mass is 9.91. The fourth-order valence-electron chi connectivity index (χ4n) is 5.27. The monoisotopic (exact) mass is 477 g/mol. The number of hydrogen-bond acceptors (Lipinski definition) is 5. The standard InChI is InChI=1S/C27H35N5OS/c1-2-32-24-13-12-21(18-22(24)26(30-32)27(33)31-16-8-3-4-9-17-31)28-15-14-25-29-23(19-34-25)20-10-6-5-7-11-20/h5-7,10-11,19,21,28H,2-4,8-9,12-18H2,1H3/t21-/m1/s1. The molecule has 6 nitrogen and oxygen atoms in total. The van der Waals surface area contributed by atoms with Gasteiger partial charge in [-0.1, -0.05) is 43.2 Å². The Bertz CT molecular complexity index is 1100. The van der Waals surface area contributed by atoms with Gasteiger partial charge in [-0.05, 0) is 39.0 Å². The van der Waals surface area contributed by atoms with Crippen molar-refractivity contribution in [3.63, 3.8) is 0 Å². The Labute approximate surface area is 206 Å². The van der Waals surface area contributed by atoms with Gasteiger partial charge in [-0.3, -0.25) is 9.48 Å². The molecule has 0 radical (unpaired) electrons. The summed E-state index contributed by atoms with van der Waals surface area (Å²) < 4.78 is 2.07. The number of aryl methyl sites for hydroxylation is 1. The number of fused-ring (bicyclic) bond motifs is 1. The first-order valence-electron chi connectivity index (χ1n) is 12.8. The second-order valence-electron chi connectivity index (χ2n) is 9.43. The summed E-state index contributed by atoms with van der Waals surface area (Å²) in [7, 11) is 0. The van der Waals surface area contributed by atoms with Crippen LogP contribution in [-0.4, -0.2) is 51.2 Å². The molecule has 2 aromatic heterocycles. The quantitative estimate of drug-likeness (QED) is 0.534. The minimum Gasteiger partial charge on any atom is -0.337 e. The molecule has 3 aromatic rings. The summed E-state index contributed by atoms with van der Waals surface area (Å²) in [5, 5.41) is 11.9. The third kappa shape index (κ3) is 5.10. The Hall–Kier alpha value is -2.51. The van der Waals surface area contributed by atoms with Gasteiger partial charge in [0.2, 0.25) is 0 Å². The van der Waals surface area contributed by atoms with Crippen molar-refractivity contribution in [1.82, 2.24) is 25.0 Å². The SMILES string of the molecule is CCn1nc(C(=O)N2CCCCCC2)c2c1CC[C@@H](NCCc1nc(-c3ccccc3)cs1)C2. The maximum atomic E-state index is 13.4. The lowest BCUT2D eigenvalue weighted by Gasteiger charge is -2.25. The molecule has 180 valence electrons. The zero-order chi connectivity index (χ0) is 23.3. The maximum absolute atomic E-state index is 13.4. The summed E-state index contributed by atoms with van der Waals surface area (Å²) in [4.78, 5) is 20.3. The van der Waals surface area contributed by atoms with Crippen LogP contribution in [0.3, 0.4) is 0 Å². The molecule has 5 rings (SSSR count). The average Bonchev–Trinajstić information content (AvgIpc) is 3.39. The van der Waals surface area contributed by atoms with Crippen molar-refractivity contribution in [2.24, 2.45) is 0 Å². The number of hydrogen-bond donors (Lipinski definition) is 1. The zero-order valence-electron chi connectivity index (χ0n) is 20.1. The smallest absolute Gasteiger partial charge is 0.274 e. The van der Waals surface area contributed by atoms with E-state index in [9.17, 15) is 4.79 Å². The summed E-state index contributed by atoms with van der Waals surface area (Å²) >= 11 is 1.74. The first kappa shape index (κ1) is 23.2. The molecule has 34 heavy (non-hydrogen) atoms. The molecule has 7 heteroatoms. The van der Waals surface area contributed by atoms with Gasteiger partial charge in [0.15, 0.2) is 5.69 Å². The van der Waals surface area contributed by atoms with Crippen molar-refractivity contribution in [3.8, 4) is 11.3 Å². The number of benzene rings is 1. The lowest BCUT2D eigenvalue weighted by Crippen LogP contribution is -2.37. The second kappa shape index (κ2) is 10.8. The number of amides is 1.